The highest BCUT2D eigenvalue weighted by molar-refractivity contribution is 5.94. The third kappa shape index (κ3) is 3.70. The van der Waals surface area contributed by atoms with E-state index < -0.39 is 0 Å². The second kappa shape index (κ2) is 5.61. The Kier molecular flexibility index (Phi) is 4.10. The Morgan fingerprint density at radius 2 is 2.11 bits per heavy atom. The Balaban J connectivity index is 1.95. The molecule has 0 saturated heterocycles. The molecule has 0 aromatic heterocycles. The van der Waals surface area contributed by atoms with Crippen LogP contribution in [0.3, 0.4) is 0 Å². The Morgan fingerprint density at radius 3 is 2.84 bits per heavy atom. The first-order valence-corrected chi connectivity index (χ1v) is 6.61. The monoisotopic (exact) mass is 263 g/mol. The Morgan fingerprint density at radius 1 is 1.32 bits per heavy atom. The molecule has 4 heteroatoms. The van der Waals surface area contributed by atoms with Crippen molar-refractivity contribution in [3.05, 3.63) is 23.8 Å². The predicted molar refractivity (Wildman–Crippen MR) is 74.6 cm³/mol. The fourth-order valence-electron chi connectivity index (χ4n) is 1.96. The Bertz CT molecular complexity index is 468. The summed E-state index contributed by atoms with van der Waals surface area (Å²) in [6, 6.07) is 5.87. The van der Waals surface area contributed by atoms with Crippen molar-refractivity contribution in [2.24, 2.45) is 0 Å². The van der Waals surface area contributed by atoms with Gasteiger partial charge in [0.15, 0.2) is 0 Å². The van der Waals surface area contributed by atoms with Crippen LogP contribution in [-0.4, -0.2) is 25.2 Å². The molecule has 1 aliphatic rings. The van der Waals surface area contributed by atoms with E-state index in [1.165, 1.54) is 5.56 Å². The zero-order valence-corrected chi connectivity index (χ0v) is 11.8. The lowest BCUT2D eigenvalue weighted by atomic mass is 10.0. The van der Waals surface area contributed by atoms with Gasteiger partial charge in [-0.3, -0.25) is 4.79 Å². The Hall–Kier alpha value is -1.55. The maximum Gasteiger partial charge on any atom is 0.224 e. The van der Waals surface area contributed by atoms with Gasteiger partial charge in [0.2, 0.25) is 5.91 Å². The molecule has 0 radical (unpaired) electrons. The maximum atomic E-state index is 11.4. The third-order valence-electron chi connectivity index (χ3n) is 3.50. The second-order valence-corrected chi connectivity index (χ2v) is 5.43. The molecule has 0 fully saturated rings. The van der Waals surface area contributed by atoms with Gasteiger partial charge >= 0.3 is 0 Å². The van der Waals surface area contributed by atoms with Crippen LogP contribution in [-0.2, 0) is 16.0 Å². The molecular weight excluding hydrogens is 242 g/mol. The highest BCUT2D eigenvalue weighted by Gasteiger charge is 2.17. The van der Waals surface area contributed by atoms with Gasteiger partial charge in [-0.05, 0) is 31.9 Å². The van der Waals surface area contributed by atoms with E-state index in [-0.39, 0.29) is 11.5 Å². The van der Waals surface area contributed by atoms with Gasteiger partial charge in [0.05, 0.1) is 12.2 Å². The minimum Gasteiger partial charge on any atom is -0.493 e. The Labute approximate surface area is 114 Å². The molecule has 1 aromatic carbocycles. The van der Waals surface area contributed by atoms with Crippen molar-refractivity contribution in [3.8, 4) is 5.75 Å². The minimum absolute atomic E-state index is 0.0742. The van der Waals surface area contributed by atoms with Gasteiger partial charge in [-0.1, -0.05) is 6.07 Å². The van der Waals surface area contributed by atoms with E-state index in [0.717, 1.165) is 24.3 Å². The number of anilines is 1. The van der Waals surface area contributed by atoms with Crippen LogP contribution in [0.4, 0.5) is 5.69 Å². The maximum absolute atomic E-state index is 11.4. The van der Waals surface area contributed by atoms with Crippen molar-refractivity contribution in [3.63, 3.8) is 0 Å². The molecule has 2 rings (SSSR count). The van der Waals surface area contributed by atoms with Gasteiger partial charge in [0, 0.05) is 31.7 Å². The van der Waals surface area contributed by atoms with Crippen molar-refractivity contribution in [2.75, 3.05) is 19.0 Å². The van der Waals surface area contributed by atoms with Crippen molar-refractivity contribution in [1.82, 2.24) is 0 Å². The summed E-state index contributed by atoms with van der Waals surface area (Å²) in [4.78, 5) is 11.4. The van der Waals surface area contributed by atoms with Crippen molar-refractivity contribution >= 4 is 11.6 Å². The summed E-state index contributed by atoms with van der Waals surface area (Å²) in [6.45, 7) is 4.65. The zero-order valence-electron chi connectivity index (χ0n) is 11.8. The molecule has 0 spiro atoms. The SMILES string of the molecule is COC(C)(C)CCOc1ccc2c(c1)NC(=O)CC2. The molecule has 0 bridgehead atoms. The van der Waals surface area contributed by atoms with E-state index in [9.17, 15) is 4.79 Å². The van der Waals surface area contributed by atoms with Crippen molar-refractivity contribution in [2.45, 2.75) is 38.7 Å². The fraction of sp³-hybridized carbons (Fsp3) is 0.533. The highest BCUT2D eigenvalue weighted by atomic mass is 16.5. The van der Waals surface area contributed by atoms with Gasteiger partial charge in [0.1, 0.15) is 5.75 Å². The van der Waals surface area contributed by atoms with Gasteiger partial charge in [-0.15, -0.1) is 0 Å². The molecule has 1 aliphatic heterocycles. The van der Waals surface area contributed by atoms with E-state index in [2.05, 4.69) is 5.32 Å². The van der Waals surface area contributed by atoms with Crippen LogP contribution in [0.5, 0.6) is 5.75 Å². The number of methoxy groups -OCH3 is 1. The zero-order chi connectivity index (χ0) is 13.9. The lowest BCUT2D eigenvalue weighted by Crippen LogP contribution is -2.25. The summed E-state index contributed by atoms with van der Waals surface area (Å²) in [7, 11) is 1.70. The largest absolute Gasteiger partial charge is 0.493 e. The van der Waals surface area contributed by atoms with Gasteiger partial charge in [-0.2, -0.15) is 0 Å². The van der Waals surface area contributed by atoms with Crippen molar-refractivity contribution in [1.29, 1.82) is 0 Å². The van der Waals surface area contributed by atoms with Gasteiger partial charge < -0.3 is 14.8 Å². The summed E-state index contributed by atoms with van der Waals surface area (Å²) < 4.78 is 11.1. The molecule has 104 valence electrons. The molecule has 1 N–H and O–H groups in total. The molecule has 0 atom stereocenters. The molecule has 1 aromatic rings. The number of carbonyl (C=O) groups excluding carboxylic acids is 1. The number of hydrogen-bond donors (Lipinski definition) is 1. The van der Waals surface area contributed by atoms with Crippen LogP contribution in [0, 0.1) is 0 Å². The topological polar surface area (TPSA) is 47.6 Å². The van der Waals surface area contributed by atoms with Crippen LogP contribution >= 0.6 is 0 Å². The molecule has 0 aliphatic carbocycles. The number of nitrogens with one attached hydrogen (secondary N) is 1. The number of hydrogen-bond acceptors (Lipinski definition) is 3. The number of benzene rings is 1. The molecule has 0 unspecified atom stereocenters. The van der Waals surface area contributed by atoms with Crippen molar-refractivity contribution < 1.29 is 14.3 Å². The van der Waals surface area contributed by atoms with E-state index in [4.69, 9.17) is 9.47 Å². The number of rotatable bonds is 5. The highest BCUT2D eigenvalue weighted by Crippen LogP contribution is 2.27. The lowest BCUT2D eigenvalue weighted by molar-refractivity contribution is -0.116. The first-order valence-electron chi connectivity index (χ1n) is 6.61. The minimum atomic E-state index is -0.178. The second-order valence-electron chi connectivity index (χ2n) is 5.43. The fourth-order valence-corrected chi connectivity index (χ4v) is 1.96. The van der Waals surface area contributed by atoms with Gasteiger partial charge in [0.25, 0.3) is 0 Å². The molecule has 4 nitrogen and oxygen atoms in total. The third-order valence-corrected chi connectivity index (χ3v) is 3.50. The van der Waals surface area contributed by atoms with E-state index in [1.54, 1.807) is 7.11 Å². The molecule has 1 amide bonds. The number of carbonyl (C=O) groups is 1. The number of aryl methyl sites for hydroxylation is 1. The average molecular weight is 263 g/mol. The van der Waals surface area contributed by atoms with Crippen LogP contribution < -0.4 is 10.1 Å². The standard InChI is InChI=1S/C15H21NO3/c1-15(2,18-3)8-9-19-12-6-4-11-5-7-14(17)16-13(11)10-12/h4,6,10H,5,7-9H2,1-3H3,(H,16,17). The quantitative estimate of drug-likeness (QED) is 0.888. The van der Waals surface area contributed by atoms with Crippen LogP contribution in [0.15, 0.2) is 18.2 Å². The summed E-state index contributed by atoms with van der Waals surface area (Å²) in [6.07, 6.45) is 2.18. The first kappa shape index (κ1) is 13.9. The lowest BCUT2D eigenvalue weighted by Gasteiger charge is -2.23. The van der Waals surface area contributed by atoms with Crippen LogP contribution in [0.2, 0.25) is 0 Å². The number of fused-ring (bicyclic) bond motifs is 1. The summed E-state index contributed by atoms with van der Waals surface area (Å²) in [5.41, 5.74) is 1.87. The smallest absolute Gasteiger partial charge is 0.224 e. The molecule has 19 heavy (non-hydrogen) atoms. The predicted octanol–water partition coefficient (Wildman–Crippen LogP) is 2.77. The average Bonchev–Trinajstić information content (AvgIpc) is 2.38. The first-order chi connectivity index (χ1) is 9.00. The van der Waals surface area contributed by atoms with Crippen LogP contribution in [0.25, 0.3) is 0 Å². The van der Waals surface area contributed by atoms with E-state index in [1.807, 2.05) is 32.0 Å². The van der Waals surface area contributed by atoms with Crippen LogP contribution in [0.1, 0.15) is 32.3 Å². The van der Waals surface area contributed by atoms with Gasteiger partial charge in [-0.25, -0.2) is 0 Å². The summed E-state index contributed by atoms with van der Waals surface area (Å²) in [5, 5.41) is 2.87. The molecule has 1 heterocycles. The summed E-state index contributed by atoms with van der Waals surface area (Å²) >= 11 is 0. The van der Waals surface area contributed by atoms with E-state index >= 15 is 0 Å². The number of ether oxygens (including phenoxy) is 2. The number of amides is 1. The molecular formula is C15H21NO3. The van der Waals surface area contributed by atoms with E-state index in [0.29, 0.717) is 13.0 Å². The normalized spacial score (nSPS) is 14.8. The summed E-state index contributed by atoms with van der Waals surface area (Å²) in [5.74, 6) is 0.859. The molecule has 0 saturated carbocycles.